The van der Waals surface area contributed by atoms with Gasteiger partial charge in [0.05, 0.1) is 0 Å². The molecule has 0 aliphatic carbocycles. The molecule has 0 bridgehead atoms. The Hall–Kier alpha value is -0.710. The molecule has 15 heavy (non-hydrogen) atoms. The molecule has 0 atom stereocenters. The van der Waals surface area contributed by atoms with Gasteiger partial charge in [-0.1, -0.05) is 0 Å². The van der Waals surface area contributed by atoms with Gasteiger partial charge in [0.2, 0.25) is 0 Å². The van der Waals surface area contributed by atoms with Gasteiger partial charge in [0, 0.05) is 20.1 Å². The summed E-state index contributed by atoms with van der Waals surface area (Å²) in [5, 5.41) is 3.19. The van der Waals surface area contributed by atoms with E-state index in [-0.39, 0.29) is 29.3 Å². The molecule has 0 aliphatic heterocycles. The Kier molecular flexibility index (Phi) is 6.40. The maximum atomic E-state index is 11.6. The van der Waals surface area contributed by atoms with Crippen LogP contribution in [-0.4, -0.2) is 38.0 Å². The fraction of sp³-hybridized carbons (Fsp3) is 0.444. The van der Waals surface area contributed by atoms with Gasteiger partial charge < -0.3 is 14.6 Å². The standard InChI is InChI=1S/C9H13ClN2O2.ClH/c1-11-5-6-12(2)9(13)7-3-4-8(10)14-7;/h3-4,11H,5-6H2,1-2H3;1H. The predicted octanol–water partition coefficient (Wildman–Crippen LogP) is 1.65. The van der Waals surface area contributed by atoms with Gasteiger partial charge in [0.25, 0.3) is 5.91 Å². The highest BCUT2D eigenvalue weighted by atomic mass is 35.5. The number of likely N-dealkylation sites (N-methyl/N-ethyl adjacent to an activating group) is 2. The Bertz CT molecular complexity index is 315. The summed E-state index contributed by atoms with van der Waals surface area (Å²) >= 11 is 5.56. The summed E-state index contributed by atoms with van der Waals surface area (Å²) in [5.74, 6) is 0.112. The third-order valence-electron chi connectivity index (χ3n) is 1.83. The first kappa shape index (κ1) is 14.3. The molecule has 1 aromatic heterocycles. The molecule has 0 unspecified atom stereocenters. The topological polar surface area (TPSA) is 45.5 Å². The van der Waals surface area contributed by atoms with E-state index in [1.165, 1.54) is 0 Å². The number of halogens is 2. The Labute approximate surface area is 100.0 Å². The molecule has 1 rings (SSSR count). The molecular formula is C9H14Cl2N2O2. The number of nitrogens with one attached hydrogen (secondary N) is 1. The summed E-state index contributed by atoms with van der Waals surface area (Å²) in [7, 11) is 3.55. The zero-order valence-electron chi connectivity index (χ0n) is 8.62. The number of hydrogen-bond acceptors (Lipinski definition) is 3. The van der Waals surface area contributed by atoms with E-state index in [1.807, 2.05) is 7.05 Å². The molecule has 1 amide bonds. The normalized spacial score (nSPS) is 9.53. The van der Waals surface area contributed by atoms with Crippen molar-refractivity contribution < 1.29 is 9.21 Å². The lowest BCUT2D eigenvalue weighted by Crippen LogP contribution is -2.32. The van der Waals surface area contributed by atoms with Gasteiger partial charge in [0.1, 0.15) is 0 Å². The van der Waals surface area contributed by atoms with Crippen LogP contribution in [0.1, 0.15) is 10.6 Å². The van der Waals surface area contributed by atoms with E-state index in [2.05, 4.69) is 5.32 Å². The number of nitrogens with zero attached hydrogens (tertiary/aromatic N) is 1. The Morgan fingerprint density at radius 1 is 1.60 bits per heavy atom. The number of carbonyl (C=O) groups is 1. The van der Waals surface area contributed by atoms with Crippen LogP contribution < -0.4 is 5.32 Å². The molecule has 1 heterocycles. The third-order valence-corrected chi connectivity index (χ3v) is 2.03. The van der Waals surface area contributed by atoms with Crippen LogP contribution in [-0.2, 0) is 0 Å². The van der Waals surface area contributed by atoms with E-state index >= 15 is 0 Å². The predicted molar refractivity (Wildman–Crippen MR) is 61.9 cm³/mol. The summed E-state index contributed by atoms with van der Waals surface area (Å²) in [6.07, 6.45) is 0. The summed E-state index contributed by atoms with van der Waals surface area (Å²) in [6.45, 7) is 1.38. The second-order valence-electron chi connectivity index (χ2n) is 2.93. The minimum Gasteiger partial charge on any atom is -0.440 e. The molecule has 0 aliphatic rings. The highest BCUT2D eigenvalue weighted by Crippen LogP contribution is 2.14. The number of rotatable bonds is 4. The molecule has 0 saturated heterocycles. The number of amides is 1. The minimum atomic E-state index is -0.160. The van der Waals surface area contributed by atoms with E-state index in [0.29, 0.717) is 6.54 Å². The third kappa shape index (κ3) is 4.11. The van der Waals surface area contributed by atoms with Crippen molar-refractivity contribution in [1.82, 2.24) is 10.2 Å². The van der Waals surface area contributed by atoms with Crippen molar-refractivity contribution in [3.05, 3.63) is 23.1 Å². The molecule has 0 saturated carbocycles. The van der Waals surface area contributed by atoms with Gasteiger partial charge in [-0.25, -0.2) is 0 Å². The first-order valence-corrected chi connectivity index (χ1v) is 4.68. The Morgan fingerprint density at radius 3 is 2.73 bits per heavy atom. The highest BCUT2D eigenvalue weighted by Gasteiger charge is 2.14. The summed E-state index contributed by atoms with van der Waals surface area (Å²) < 4.78 is 5.00. The van der Waals surface area contributed by atoms with Crippen molar-refractivity contribution in [2.75, 3.05) is 27.2 Å². The van der Waals surface area contributed by atoms with Gasteiger partial charge >= 0.3 is 0 Å². The molecule has 6 heteroatoms. The SMILES string of the molecule is CNCCN(C)C(=O)c1ccc(Cl)o1.Cl. The first-order valence-electron chi connectivity index (χ1n) is 4.30. The number of carbonyl (C=O) groups excluding carboxylic acids is 1. The monoisotopic (exact) mass is 252 g/mol. The van der Waals surface area contributed by atoms with E-state index in [9.17, 15) is 4.79 Å². The van der Waals surface area contributed by atoms with Crippen LogP contribution in [0.4, 0.5) is 0 Å². The highest BCUT2D eigenvalue weighted by molar-refractivity contribution is 6.29. The zero-order valence-corrected chi connectivity index (χ0v) is 10.2. The molecule has 0 radical (unpaired) electrons. The van der Waals surface area contributed by atoms with Crippen molar-refractivity contribution in [2.24, 2.45) is 0 Å². The molecule has 4 nitrogen and oxygen atoms in total. The van der Waals surface area contributed by atoms with Crippen LogP contribution in [0.25, 0.3) is 0 Å². The van der Waals surface area contributed by atoms with E-state index in [0.717, 1.165) is 6.54 Å². The first-order chi connectivity index (χ1) is 6.65. The average molecular weight is 253 g/mol. The van der Waals surface area contributed by atoms with Crippen LogP contribution in [0.3, 0.4) is 0 Å². The fourth-order valence-corrected chi connectivity index (χ4v) is 1.14. The lowest BCUT2D eigenvalue weighted by Gasteiger charge is -2.14. The lowest BCUT2D eigenvalue weighted by molar-refractivity contribution is 0.0765. The van der Waals surface area contributed by atoms with Crippen molar-refractivity contribution in [1.29, 1.82) is 0 Å². The van der Waals surface area contributed by atoms with Gasteiger partial charge in [-0.05, 0) is 30.8 Å². The summed E-state index contributed by atoms with van der Waals surface area (Å²) in [5.41, 5.74) is 0. The van der Waals surface area contributed by atoms with Crippen molar-refractivity contribution in [3.63, 3.8) is 0 Å². The van der Waals surface area contributed by atoms with E-state index in [4.69, 9.17) is 16.0 Å². The lowest BCUT2D eigenvalue weighted by atomic mass is 10.4. The molecule has 0 fully saturated rings. The van der Waals surface area contributed by atoms with Gasteiger partial charge in [-0.15, -0.1) is 12.4 Å². The van der Waals surface area contributed by atoms with Gasteiger partial charge in [0.15, 0.2) is 11.0 Å². The molecule has 86 valence electrons. The van der Waals surface area contributed by atoms with Crippen LogP contribution in [0.5, 0.6) is 0 Å². The van der Waals surface area contributed by atoms with Crippen molar-refractivity contribution >= 4 is 29.9 Å². The molecule has 1 N–H and O–H groups in total. The smallest absolute Gasteiger partial charge is 0.289 e. The van der Waals surface area contributed by atoms with Crippen molar-refractivity contribution in [3.8, 4) is 0 Å². The second kappa shape index (κ2) is 6.71. The van der Waals surface area contributed by atoms with Crippen molar-refractivity contribution in [2.45, 2.75) is 0 Å². The quantitative estimate of drug-likeness (QED) is 0.887. The fourth-order valence-electron chi connectivity index (χ4n) is 0.998. The Morgan fingerprint density at radius 2 is 2.27 bits per heavy atom. The summed E-state index contributed by atoms with van der Waals surface area (Å²) in [6, 6.07) is 3.13. The molecular weight excluding hydrogens is 239 g/mol. The van der Waals surface area contributed by atoms with Crippen LogP contribution in [0.2, 0.25) is 5.22 Å². The van der Waals surface area contributed by atoms with Crippen LogP contribution >= 0.6 is 24.0 Å². The van der Waals surface area contributed by atoms with Gasteiger partial charge in [-0.2, -0.15) is 0 Å². The number of hydrogen-bond donors (Lipinski definition) is 1. The molecule has 0 aromatic carbocycles. The Balaban J connectivity index is 0.00000196. The van der Waals surface area contributed by atoms with E-state index in [1.54, 1.807) is 24.1 Å². The average Bonchev–Trinajstić information content (AvgIpc) is 2.60. The van der Waals surface area contributed by atoms with Crippen LogP contribution in [0.15, 0.2) is 16.5 Å². The maximum Gasteiger partial charge on any atom is 0.289 e. The molecule has 0 spiro atoms. The molecule has 1 aromatic rings. The largest absolute Gasteiger partial charge is 0.440 e. The maximum absolute atomic E-state index is 11.6. The summed E-state index contributed by atoms with van der Waals surface area (Å²) in [4.78, 5) is 13.2. The van der Waals surface area contributed by atoms with Crippen LogP contribution in [0, 0.1) is 0 Å². The van der Waals surface area contributed by atoms with E-state index < -0.39 is 0 Å². The second-order valence-corrected chi connectivity index (χ2v) is 3.31. The number of furan rings is 1. The minimum absolute atomic E-state index is 0. The zero-order chi connectivity index (χ0) is 10.6. The van der Waals surface area contributed by atoms with Gasteiger partial charge in [-0.3, -0.25) is 4.79 Å².